The minimum Gasteiger partial charge on any atom is -0.464 e. The van der Waals surface area contributed by atoms with E-state index in [9.17, 15) is 4.39 Å². The minimum absolute atomic E-state index is 0.0235. The van der Waals surface area contributed by atoms with Gasteiger partial charge in [-0.25, -0.2) is 4.39 Å². The SMILES string of the molecule is CCN1CCCC1CN(CC1CCCCC1)c1nc(N)nc(Nc2ccc(OCOC)c(F)c2)n1. The average Bonchev–Trinajstić information content (AvgIpc) is 3.30. The molecule has 35 heavy (non-hydrogen) atoms. The van der Waals surface area contributed by atoms with E-state index in [2.05, 4.69) is 32.0 Å². The summed E-state index contributed by atoms with van der Waals surface area (Å²) in [6.45, 7) is 6.16. The fourth-order valence-corrected chi connectivity index (χ4v) is 5.22. The summed E-state index contributed by atoms with van der Waals surface area (Å²) >= 11 is 0. The summed E-state index contributed by atoms with van der Waals surface area (Å²) in [5, 5.41) is 3.08. The topological polar surface area (TPSA) is 102 Å². The number of benzene rings is 1. The summed E-state index contributed by atoms with van der Waals surface area (Å²) in [6, 6.07) is 5.05. The Morgan fingerprint density at radius 2 is 1.94 bits per heavy atom. The molecule has 1 saturated carbocycles. The highest BCUT2D eigenvalue weighted by atomic mass is 19.1. The minimum atomic E-state index is -0.505. The standard InChI is InChI=1S/C25H38FN7O2/c1-3-32-13-7-10-20(32)16-33(15-18-8-5-4-6-9-18)25-30-23(27)29-24(31-25)28-19-11-12-22(21(26)14-19)35-17-34-2/h11-12,14,18,20H,3-10,13,15-17H2,1-2H3,(H3,27,28,29,30,31). The lowest BCUT2D eigenvalue weighted by atomic mass is 9.89. The van der Waals surface area contributed by atoms with Crippen LogP contribution in [0.5, 0.6) is 5.75 Å². The number of likely N-dealkylation sites (N-methyl/N-ethyl adjacent to an activating group) is 1. The second-order valence-electron chi connectivity index (χ2n) is 9.47. The lowest BCUT2D eigenvalue weighted by Gasteiger charge is -2.34. The van der Waals surface area contributed by atoms with Crippen LogP contribution in [-0.2, 0) is 4.74 Å². The van der Waals surface area contributed by atoms with Crippen LogP contribution in [0, 0.1) is 11.7 Å². The van der Waals surface area contributed by atoms with Crippen LogP contribution in [0.4, 0.5) is 27.9 Å². The fourth-order valence-electron chi connectivity index (χ4n) is 5.22. The third-order valence-electron chi connectivity index (χ3n) is 6.98. The number of nitrogens with two attached hydrogens (primary N) is 1. The molecule has 2 aromatic rings. The molecule has 1 atom stereocenters. The number of hydrogen-bond acceptors (Lipinski definition) is 9. The van der Waals surface area contributed by atoms with Crippen molar-refractivity contribution >= 4 is 23.5 Å². The van der Waals surface area contributed by atoms with Crippen molar-refractivity contribution in [3.8, 4) is 5.75 Å². The second kappa shape index (κ2) is 12.3. The highest BCUT2D eigenvalue weighted by Gasteiger charge is 2.28. The lowest BCUT2D eigenvalue weighted by Crippen LogP contribution is -2.43. The van der Waals surface area contributed by atoms with E-state index in [0.717, 1.165) is 26.2 Å². The summed E-state index contributed by atoms with van der Waals surface area (Å²) in [6.07, 6.45) is 8.76. The molecule has 2 aliphatic rings. The molecule has 0 bridgehead atoms. The molecule has 0 amide bonds. The van der Waals surface area contributed by atoms with Crippen molar-refractivity contribution in [2.75, 3.05) is 56.0 Å². The first-order chi connectivity index (χ1) is 17.1. The van der Waals surface area contributed by atoms with Crippen LogP contribution in [0.1, 0.15) is 51.9 Å². The van der Waals surface area contributed by atoms with Crippen molar-refractivity contribution in [3.05, 3.63) is 24.0 Å². The van der Waals surface area contributed by atoms with Crippen LogP contribution < -0.4 is 20.7 Å². The molecule has 9 nitrogen and oxygen atoms in total. The van der Waals surface area contributed by atoms with Gasteiger partial charge in [-0.1, -0.05) is 26.2 Å². The molecular weight excluding hydrogens is 449 g/mol. The molecule has 2 fully saturated rings. The van der Waals surface area contributed by atoms with Gasteiger partial charge in [0.25, 0.3) is 0 Å². The highest BCUT2D eigenvalue weighted by molar-refractivity contribution is 5.57. The van der Waals surface area contributed by atoms with Crippen molar-refractivity contribution < 1.29 is 13.9 Å². The van der Waals surface area contributed by atoms with E-state index in [1.165, 1.54) is 64.2 Å². The number of nitrogen functional groups attached to an aromatic ring is 1. The summed E-state index contributed by atoms with van der Waals surface area (Å²) < 4.78 is 24.5. The Bertz CT molecular complexity index is 957. The van der Waals surface area contributed by atoms with Crippen LogP contribution in [0.2, 0.25) is 0 Å². The third kappa shape index (κ3) is 6.91. The summed E-state index contributed by atoms with van der Waals surface area (Å²) in [5.74, 6) is 1.26. The third-order valence-corrected chi connectivity index (χ3v) is 6.98. The van der Waals surface area contributed by atoms with Crippen molar-refractivity contribution in [1.82, 2.24) is 19.9 Å². The zero-order chi connectivity index (χ0) is 24.6. The van der Waals surface area contributed by atoms with Gasteiger partial charge in [0.2, 0.25) is 17.8 Å². The van der Waals surface area contributed by atoms with Gasteiger partial charge in [0.15, 0.2) is 18.4 Å². The van der Waals surface area contributed by atoms with E-state index in [0.29, 0.717) is 29.5 Å². The van der Waals surface area contributed by atoms with E-state index in [1.54, 1.807) is 6.07 Å². The first kappa shape index (κ1) is 25.4. The normalized spacial score (nSPS) is 19.1. The van der Waals surface area contributed by atoms with Crippen LogP contribution >= 0.6 is 0 Å². The Kier molecular flexibility index (Phi) is 8.92. The molecule has 1 aromatic heterocycles. The highest BCUT2D eigenvalue weighted by Crippen LogP contribution is 2.28. The maximum Gasteiger partial charge on any atom is 0.233 e. The quantitative estimate of drug-likeness (QED) is 0.452. The molecule has 1 aliphatic carbocycles. The van der Waals surface area contributed by atoms with Gasteiger partial charge in [-0.05, 0) is 56.8 Å². The molecule has 4 rings (SSSR count). The van der Waals surface area contributed by atoms with Crippen LogP contribution in [0.25, 0.3) is 0 Å². The molecule has 1 aromatic carbocycles. The van der Waals surface area contributed by atoms with Crippen molar-refractivity contribution in [3.63, 3.8) is 0 Å². The predicted octanol–water partition coefficient (Wildman–Crippen LogP) is 4.19. The number of halogens is 1. The molecular formula is C25H38FN7O2. The maximum atomic E-state index is 14.4. The van der Waals surface area contributed by atoms with Gasteiger partial charge < -0.3 is 25.4 Å². The van der Waals surface area contributed by atoms with Gasteiger partial charge >= 0.3 is 0 Å². The van der Waals surface area contributed by atoms with Crippen molar-refractivity contribution in [2.24, 2.45) is 5.92 Å². The number of hydrogen-bond donors (Lipinski definition) is 2. The molecule has 0 spiro atoms. The molecule has 0 radical (unpaired) electrons. The van der Waals surface area contributed by atoms with Crippen molar-refractivity contribution in [2.45, 2.75) is 57.9 Å². The number of rotatable bonds is 11. The number of likely N-dealkylation sites (tertiary alicyclic amines) is 1. The Balaban J connectivity index is 1.54. The number of aromatic nitrogens is 3. The van der Waals surface area contributed by atoms with Gasteiger partial charge in [0, 0.05) is 38.0 Å². The Hall–Kier alpha value is -2.72. The lowest BCUT2D eigenvalue weighted by molar-refractivity contribution is 0.0483. The van der Waals surface area contributed by atoms with Crippen molar-refractivity contribution in [1.29, 1.82) is 0 Å². The predicted molar refractivity (Wildman–Crippen MR) is 135 cm³/mol. The maximum absolute atomic E-state index is 14.4. The summed E-state index contributed by atoms with van der Waals surface area (Å²) in [7, 11) is 1.49. The Morgan fingerprint density at radius 3 is 2.69 bits per heavy atom. The van der Waals surface area contributed by atoms with Gasteiger partial charge in [0.05, 0.1) is 0 Å². The fraction of sp³-hybridized carbons (Fsp3) is 0.640. The van der Waals surface area contributed by atoms with E-state index >= 15 is 0 Å². The first-order valence-electron chi connectivity index (χ1n) is 12.7. The zero-order valence-electron chi connectivity index (χ0n) is 20.9. The average molecular weight is 488 g/mol. The molecule has 3 N–H and O–H groups in total. The number of ether oxygens (including phenoxy) is 2. The van der Waals surface area contributed by atoms with Crippen LogP contribution in [0.15, 0.2) is 18.2 Å². The van der Waals surface area contributed by atoms with Gasteiger partial charge in [0.1, 0.15) is 0 Å². The van der Waals surface area contributed by atoms with E-state index in [1.807, 2.05) is 0 Å². The zero-order valence-corrected chi connectivity index (χ0v) is 20.9. The molecule has 1 aliphatic heterocycles. The second-order valence-corrected chi connectivity index (χ2v) is 9.47. The van der Waals surface area contributed by atoms with Crippen LogP contribution in [-0.4, -0.2) is 66.0 Å². The molecule has 10 heteroatoms. The van der Waals surface area contributed by atoms with E-state index < -0.39 is 5.82 Å². The molecule has 1 saturated heterocycles. The Labute approximate surface area is 207 Å². The number of methoxy groups -OCH3 is 1. The Morgan fingerprint density at radius 1 is 1.11 bits per heavy atom. The smallest absolute Gasteiger partial charge is 0.233 e. The first-order valence-corrected chi connectivity index (χ1v) is 12.7. The van der Waals surface area contributed by atoms with E-state index in [4.69, 9.17) is 20.2 Å². The van der Waals surface area contributed by atoms with Crippen LogP contribution in [0.3, 0.4) is 0 Å². The van der Waals surface area contributed by atoms with Gasteiger partial charge in [-0.3, -0.25) is 4.90 Å². The molecule has 1 unspecified atom stereocenters. The summed E-state index contributed by atoms with van der Waals surface area (Å²) in [5.41, 5.74) is 6.60. The van der Waals surface area contributed by atoms with Gasteiger partial charge in [-0.2, -0.15) is 15.0 Å². The molecule has 192 valence electrons. The van der Waals surface area contributed by atoms with Gasteiger partial charge in [-0.15, -0.1) is 0 Å². The number of nitrogens with one attached hydrogen (secondary N) is 1. The molecule has 2 heterocycles. The monoisotopic (exact) mass is 487 g/mol. The number of nitrogens with zero attached hydrogens (tertiary/aromatic N) is 5. The largest absolute Gasteiger partial charge is 0.464 e. The number of anilines is 4. The van der Waals surface area contributed by atoms with E-state index in [-0.39, 0.29) is 18.5 Å². The summed E-state index contributed by atoms with van der Waals surface area (Å²) in [4.78, 5) is 18.3.